The number of alkyl halides is 1. The third-order valence-corrected chi connectivity index (χ3v) is 4.50. The fraction of sp³-hybridized carbons (Fsp3) is 0.0769. The molecule has 1 atom stereocenters. The van der Waals surface area contributed by atoms with Crippen LogP contribution in [0.5, 0.6) is 0 Å². The molecule has 2 heterocycles. The molecule has 0 aliphatic heterocycles. The molecule has 3 nitrogen and oxygen atoms in total. The minimum atomic E-state index is -0.307. The third-order valence-electron chi connectivity index (χ3n) is 2.60. The van der Waals surface area contributed by atoms with Crippen molar-refractivity contribution in [3.8, 4) is 10.6 Å². The lowest BCUT2D eigenvalue weighted by molar-refractivity contribution is 0.570. The summed E-state index contributed by atoms with van der Waals surface area (Å²) in [4.78, 5) is 0. The highest BCUT2D eigenvalue weighted by molar-refractivity contribution is 7.15. The molecule has 0 bridgehead atoms. The minimum absolute atomic E-state index is 0.307. The summed E-state index contributed by atoms with van der Waals surface area (Å²) in [5.74, 6) is 0. The molecule has 1 unspecified atom stereocenters. The Bertz CT molecular complexity index is 681. The fourth-order valence-electron chi connectivity index (χ4n) is 1.66. The number of furan rings is 1. The van der Waals surface area contributed by atoms with E-state index in [-0.39, 0.29) is 5.38 Å². The van der Waals surface area contributed by atoms with E-state index >= 15 is 0 Å². The average molecular weight is 311 g/mol. The number of halogens is 2. The zero-order valence-corrected chi connectivity index (χ0v) is 11.9. The van der Waals surface area contributed by atoms with Gasteiger partial charge in [0.2, 0.25) is 5.22 Å². The smallest absolute Gasteiger partial charge is 0.203 e. The molecule has 0 aliphatic carbocycles. The number of rotatable bonds is 3. The summed E-state index contributed by atoms with van der Waals surface area (Å²) in [6, 6.07) is 11.5. The predicted octanol–water partition coefficient (Wildman–Crippen LogP) is 4.78. The molecule has 2 aromatic heterocycles. The summed E-state index contributed by atoms with van der Waals surface area (Å²) in [5.41, 5.74) is 1.73. The molecule has 0 N–H and O–H groups in total. The first-order valence-electron chi connectivity index (χ1n) is 5.51. The number of aromatic nitrogens is 2. The molecule has 6 heteroatoms. The SMILES string of the molecule is Clc1occc1-c1nnc(C(Cl)c2ccccc2)s1. The van der Waals surface area contributed by atoms with Gasteiger partial charge in [-0.3, -0.25) is 0 Å². The molecule has 19 heavy (non-hydrogen) atoms. The Hall–Kier alpha value is -1.36. The van der Waals surface area contributed by atoms with Crippen molar-refractivity contribution in [2.45, 2.75) is 5.38 Å². The van der Waals surface area contributed by atoms with E-state index in [0.717, 1.165) is 16.1 Å². The van der Waals surface area contributed by atoms with Gasteiger partial charge < -0.3 is 4.42 Å². The van der Waals surface area contributed by atoms with E-state index in [1.165, 1.54) is 17.6 Å². The monoisotopic (exact) mass is 310 g/mol. The van der Waals surface area contributed by atoms with Gasteiger partial charge in [-0.15, -0.1) is 21.8 Å². The van der Waals surface area contributed by atoms with Crippen molar-refractivity contribution in [2.24, 2.45) is 0 Å². The molecule has 0 spiro atoms. The van der Waals surface area contributed by atoms with Crippen LogP contribution in [0.3, 0.4) is 0 Å². The van der Waals surface area contributed by atoms with Gasteiger partial charge in [-0.05, 0) is 23.2 Å². The summed E-state index contributed by atoms with van der Waals surface area (Å²) in [6.45, 7) is 0. The lowest BCUT2D eigenvalue weighted by atomic mass is 10.1. The van der Waals surface area contributed by atoms with Crippen molar-refractivity contribution >= 4 is 34.5 Å². The van der Waals surface area contributed by atoms with Crippen molar-refractivity contribution < 1.29 is 4.42 Å². The molecule has 0 radical (unpaired) electrons. The van der Waals surface area contributed by atoms with Gasteiger partial charge in [0.1, 0.15) is 10.4 Å². The predicted molar refractivity (Wildman–Crippen MR) is 76.8 cm³/mol. The number of hydrogen-bond donors (Lipinski definition) is 0. The average Bonchev–Trinajstić information content (AvgIpc) is 3.07. The molecule has 0 saturated carbocycles. The van der Waals surface area contributed by atoms with Crippen molar-refractivity contribution in [3.63, 3.8) is 0 Å². The summed E-state index contributed by atoms with van der Waals surface area (Å²) in [5, 5.41) is 9.68. The Balaban J connectivity index is 1.92. The van der Waals surface area contributed by atoms with Crippen LogP contribution in [0.1, 0.15) is 15.9 Å². The van der Waals surface area contributed by atoms with Crippen LogP contribution in [-0.2, 0) is 0 Å². The molecule has 3 aromatic rings. The first kappa shape index (κ1) is 12.7. The van der Waals surface area contributed by atoms with E-state index < -0.39 is 0 Å². The maximum absolute atomic E-state index is 6.40. The largest absolute Gasteiger partial charge is 0.452 e. The van der Waals surface area contributed by atoms with E-state index in [9.17, 15) is 0 Å². The first-order chi connectivity index (χ1) is 9.25. The van der Waals surface area contributed by atoms with Gasteiger partial charge in [0.15, 0.2) is 5.01 Å². The van der Waals surface area contributed by atoms with Crippen LogP contribution in [0, 0.1) is 0 Å². The van der Waals surface area contributed by atoms with E-state index in [0.29, 0.717) is 10.2 Å². The molecule has 3 rings (SSSR count). The van der Waals surface area contributed by atoms with Crippen LogP contribution in [-0.4, -0.2) is 10.2 Å². The summed E-state index contributed by atoms with van der Waals surface area (Å²) < 4.78 is 5.04. The third kappa shape index (κ3) is 2.52. The van der Waals surface area contributed by atoms with Crippen molar-refractivity contribution in [3.05, 3.63) is 58.5 Å². The second kappa shape index (κ2) is 5.33. The van der Waals surface area contributed by atoms with E-state index in [4.69, 9.17) is 27.6 Å². The second-order valence-electron chi connectivity index (χ2n) is 3.83. The highest BCUT2D eigenvalue weighted by atomic mass is 35.5. The summed E-state index contributed by atoms with van der Waals surface area (Å²) in [7, 11) is 0. The minimum Gasteiger partial charge on any atom is -0.452 e. The maximum atomic E-state index is 6.40. The van der Waals surface area contributed by atoms with Crippen LogP contribution < -0.4 is 0 Å². The van der Waals surface area contributed by atoms with Crippen molar-refractivity contribution in [1.29, 1.82) is 0 Å². The Morgan fingerprint density at radius 1 is 1.11 bits per heavy atom. The Kier molecular flexibility index (Phi) is 3.55. The molecular formula is C13H8Cl2N2OS. The Morgan fingerprint density at radius 3 is 2.58 bits per heavy atom. The molecule has 0 amide bonds. The normalized spacial score (nSPS) is 12.5. The Morgan fingerprint density at radius 2 is 1.89 bits per heavy atom. The van der Waals surface area contributed by atoms with Crippen LogP contribution in [0.15, 0.2) is 47.1 Å². The van der Waals surface area contributed by atoms with Gasteiger partial charge in [0, 0.05) is 0 Å². The summed E-state index contributed by atoms with van der Waals surface area (Å²) in [6.07, 6.45) is 1.52. The molecule has 1 aromatic carbocycles. The summed E-state index contributed by atoms with van der Waals surface area (Å²) >= 11 is 13.7. The zero-order chi connectivity index (χ0) is 13.2. The van der Waals surface area contributed by atoms with E-state index in [1.54, 1.807) is 6.07 Å². The first-order valence-corrected chi connectivity index (χ1v) is 7.14. The van der Waals surface area contributed by atoms with Crippen LogP contribution in [0.4, 0.5) is 0 Å². The van der Waals surface area contributed by atoms with E-state index in [1.807, 2.05) is 30.3 Å². The lowest BCUT2D eigenvalue weighted by Crippen LogP contribution is -1.91. The van der Waals surface area contributed by atoms with Gasteiger partial charge in [-0.25, -0.2) is 0 Å². The Labute approximate surface area is 123 Å². The lowest BCUT2D eigenvalue weighted by Gasteiger charge is -2.04. The van der Waals surface area contributed by atoms with Crippen LogP contribution in [0.2, 0.25) is 5.22 Å². The molecule has 96 valence electrons. The van der Waals surface area contributed by atoms with Crippen molar-refractivity contribution in [1.82, 2.24) is 10.2 Å². The second-order valence-corrected chi connectivity index (χ2v) is 5.62. The number of benzene rings is 1. The molecular weight excluding hydrogens is 303 g/mol. The highest BCUT2D eigenvalue weighted by Crippen LogP contribution is 2.36. The van der Waals surface area contributed by atoms with Crippen LogP contribution >= 0.6 is 34.5 Å². The molecule has 0 aliphatic rings. The molecule has 0 saturated heterocycles. The van der Waals surface area contributed by atoms with Gasteiger partial charge >= 0.3 is 0 Å². The van der Waals surface area contributed by atoms with E-state index in [2.05, 4.69) is 10.2 Å². The maximum Gasteiger partial charge on any atom is 0.203 e. The van der Waals surface area contributed by atoms with Crippen molar-refractivity contribution in [2.75, 3.05) is 0 Å². The van der Waals surface area contributed by atoms with Gasteiger partial charge in [-0.2, -0.15) is 0 Å². The van der Waals surface area contributed by atoms with Gasteiger partial charge in [-0.1, -0.05) is 41.7 Å². The standard InChI is InChI=1S/C13H8Cl2N2OS/c14-10(8-4-2-1-3-5-8)13-17-16-12(19-13)9-6-7-18-11(9)15/h1-7,10H. The van der Waals surface area contributed by atoms with Crippen LogP contribution in [0.25, 0.3) is 10.6 Å². The zero-order valence-electron chi connectivity index (χ0n) is 9.59. The number of nitrogens with zero attached hydrogens (tertiary/aromatic N) is 2. The highest BCUT2D eigenvalue weighted by Gasteiger charge is 2.18. The quantitative estimate of drug-likeness (QED) is 0.653. The topological polar surface area (TPSA) is 38.9 Å². The number of hydrogen-bond acceptors (Lipinski definition) is 4. The van der Waals surface area contributed by atoms with Gasteiger partial charge in [0.05, 0.1) is 11.8 Å². The van der Waals surface area contributed by atoms with Gasteiger partial charge in [0.25, 0.3) is 0 Å². The fourth-order valence-corrected chi connectivity index (χ4v) is 3.11. The molecule has 0 fully saturated rings.